The number of amides is 1. The maximum absolute atomic E-state index is 10.6. The van der Waals surface area contributed by atoms with Crippen molar-refractivity contribution in [1.82, 2.24) is 15.1 Å². The summed E-state index contributed by atoms with van der Waals surface area (Å²) in [7, 11) is 0. The maximum Gasteiger partial charge on any atom is 0.231 e. The van der Waals surface area contributed by atoms with Gasteiger partial charge in [0.15, 0.2) is 0 Å². The minimum atomic E-state index is -0.368. The number of nitrogens with one attached hydrogen (secondary N) is 1. The van der Waals surface area contributed by atoms with Gasteiger partial charge in [0.25, 0.3) is 0 Å². The molecule has 17 heavy (non-hydrogen) atoms. The highest BCUT2D eigenvalue weighted by Crippen LogP contribution is 2.06. The van der Waals surface area contributed by atoms with Gasteiger partial charge in [0.05, 0.1) is 17.9 Å². The third-order valence-electron chi connectivity index (χ3n) is 2.27. The van der Waals surface area contributed by atoms with Crippen molar-refractivity contribution in [3.05, 3.63) is 48.3 Å². The normalized spacial score (nSPS) is 10.4. The molecule has 0 aliphatic carbocycles. The first kappa shape index (κ1) is 11.3. The van der Waals surface area contributed by atoms with Crippen LogP contribution in [0.1, 0.15) is 5.69 Å². The number of hydrogen-bond donors (Lipinski definition) is 2. The molecule has 0 bridgehead atoms. The quantitative estimate of drug-likeness (QED) is 0.783. The molecule has 1 amide bonds. The first-order valence-corrected chi connectivity index (χ1v) is 5.35. The fourth-order valence-corrected chi connectivity index (χ4v) is 1.49. The first-order chi connectivity index (χ1) is 8.25. The highest BCUT2D eigenvalue weighted by Gasteiger charge is 2.01. The minimum Gasteiger partial charge on any atom is -0.369 e. The van der Waals surface area contributed by atoms with Crippen LogP contribution in [0, 0.1) is 0 Å². The van der Waals surface area contributed by atoms with Crippen LogP contribution in [0.2, 0.25) is 0 Å². The van der Waals surface area contributed by atoms with E-state index in [-0.39, 0.29) is 12.5 Å². The summed E-state index contributed by atoms with van der Waals surface area (Å²) in [6.45, 7) is 0.695. The summed E-state index contributed by atoms with van der Waals surface area (Å²) in [5.41, 5.74) is 6.90. The Morgan fingerprint density at radius 1 is 1.29 bits per heavy atom. The molecule has 0 saturated carbocycles. The number of nitrogens with two attached hydrogens (primary N) is 1. The second kappa shape index (κ2) is 5.27. The zero-order chi connectivity index (χ0) is 12.1. The first-order valence-electron chi connectivity index (χ1n) is 5.35. The lowest BCUT2D eigenvalue weighted by atomic mass is 10.3. The van der Waals surface area contributed by atoms with Gasteiger partial charge in [0.2, 0.25) is 5.91 Å². The fourth-order valence-electron chi connectivity index (χ4n) is 1.49. The van der Waals surface area contributed by atoms with Gasteiger partial charge in [-0.3, -0.25) is 4.79 Å². The van der Waals surface area contributed by atoms with Crippen molar-refractivity contribution in [2.45, 2.75) is 6.54 Å². The van der Waals surface area contributed by atoms with Gasteiger partial charge in [-0.25, -0.2) is 4.68 Å². The molecule has 0 saturated heterocycles. The molecule has 2 aromatic rings. The van der Waals surface area contributed by atoms with E-state index in [0.29, 0.717) is 6.54 Å². The number of carbonyl (C=O) groups excluding carboxylic acids is 1. The highest BCUT2D eigenvalue weighted by molar-refractivity contribution is 5.75. The van der Waals surface area contributed by atoms with Crippen LogP contribution in [0.3, 0.4) is 0 Å². The molecular formula is C12H14N4O. The zero-order valence-corrected chi connectivity index (χ0v) is 9.34. The smallest absolute Gasteiger partial charge is 0.231 e. The van der Waals surface area contributed by atoms with Crippen LogP contribution in [-0.4, -0.2) is 22.2 Å². The monoisotopic (exact) mass is 230 g/mol. The Labute approximate surface area is 99.2 Å². The van der Waals surface area contributed by atoms with Gasteiger partial charge >= 0.3 is 0 Å². The zero-order valence-electron chi connectivity index (χ0n) is 9.34. The lowest BCUT2D eigenvalue weighted by molar-refractivity contribution is -0.117. The SMILES string of the molecule is NC(=O)CNCc1ccn(-c2ccccc2)n1. The summed E-state index contributed by atoms with van der Waals surface area (Å²) in [4.78, 5) is 10.6. The molecule has 1 aromatic heterocycles. The Bertz CT molecular complexity index is 492. The number of nitrogens with zero attached hydrogens (tertiary/aromatic N) is 2. The third-order valence-corrected chi connectivity index (χ3v) is 2.27. The van der Waals surface area contributed by atoms with E-state index in [1.54, 1.807) is 4.68 Å². The molecule has 5 heteroatoms. The Balaban J connectivity index is 1.99. The molecule has 0 radical (unpaired) electrons. The summed E-state index contributed by atoms with van der Waals surface area (Å²) in [5.74, 6) is -0.368. The molecule has 0 aliphatic heterocycles. The Hall–Kier alpha value is -2.14. The van der Waals surface area contributed by atoms with E-state index in [1.807, 2.05) is 42.6 Å². The maximum atomic E-state index is 10.6. The largest absolute Gasteiger partial charge is 0.369 e. The Morgan fingerprint density at radius 3 is 2.76 bits per heavy atom. The topological polar surface area (TPSA) is 72.9 Å². The van der Waals surface area contributed by atoms with Crippen molar-refractivity contribution in [1.29, 1.82) is 0 Å². The van der Waals surface area contributed by atoms with Crippen LogP contribution < -0.4 is 11.1 Å². The van der Waals surface area contributed by atoms with Gasteiger partial charge in [-0.1, -0.05) is 18.2 Å². The molecule has 1 aromatic carbocycles. The van der Waals surface area contributed by atoms with Crippen LogP contribution in [0.15, 0.2) is 42.6 Å². The second-order valence-corrected chi connectivity index (χ2v) is 3.66. The predicted molar refractivity (Wildman–Crippen MR) is 64.5 cm³/mol. The number of hydrogen-bond acceptors (Lipinski definition) is 3. The van der Waals surface area contributed by atoms with Crippen molar-refractivity contribution < 1.29 is 4.79 Å². The molecule has 3 N–H and O–H groups in total. The molecule has 0 unspecified atom stereocenters. The van der Waals surface area contributed by atoms with E-state index in [0.717, 1.165) is 11.4 Å². The lowest BCUT2D eigenvalue weighted by Gasteiger charge is -2.00. The number of aromatic nitrogens is 2. The van der Waals surface area contributed by atoms with E-state index in [2.05, 4.69) is 10.4 Å². The second-order valence-electron chi connectivity index (χ2n) is 3.66. The van der Waals surface area contributed by atoms with Crippen LogP contribution in [0.25, 0.3) is 5.69 Å². The van der Waals surface area contributed by atoms with E-state index in [4.69, 9.17) is 5.73 Å². The summed E-state index contributed by atoms with van der Waals surface area (Å²) < 4.78 is 1.79. The van der Waals surface area contributed by atoms with Crippen molar-refractivity contribution in [2.24, 2.45) is 5.73 Å². The minimum absolute atomic E-state index is 0.165. The van der Waals surface area contributed by atoms with Gasteiger partial charge in [-0.05, 0) is 18.2 Å². The molecule has 2 rings (SSSR count). The summed E-state index contributed by atoms with van der Waals surface area (Å²) in [5, 5.41) is 7.29. The van der Waals surface area contributed by atoms with Crippen LogP contribution in [0.4, 0.5) is 0 Å². The van der Waals surface area contributed by atoms with E-state index < -0.39 is 0 Å². The van der Waals surface area contributed by atoms with Gasteiger partial charge in [-0.2, -0.15) is 5.10 Å². The van der Waals surface area contributed by atoms with Gasteiger partial charge < -0.3 is 11.1 Å². The van der Waals surface area contributed by atoms with Crippen LogP contribution in [-0.2, 0) is 11.3 Å². The molecular weight excluding hydrogens is 216 g/mol. The van der Waals surface area contributed by atoms with Crippen molar-refractivity contribution >= 4 is 5.91 Å². The fraction of sp³-hybridized carbons (Fsp3) is 0.167. The molecule has 88 valence electrons. The predicted octanol–water partition coefficient (Wildman–Crippen LogP) is 0.447. The lowest BCUT2D eigenvalue weighted by Crippen LogP contribution is -2.28. The average molecular weight is 230 g/mol. The molecule has 0 atom stereocenters. The molecule has 5 nitrogen and oxygen atoms in total. The van der Waals surface area contributed by atoms with E-state index in [9.17, 15) is 4.79 Å². The van der Waals surface area contributed by atoms with Gasteiger partial charge in [0, 0.05) is 12.7 Å². The third kappa shape index (κ3) is 3.15. The Kier molecular flexibility index (Phi) is 3.52. The Morgan fingerprint density at radius 2 is 2.06 bits per heavy atom. The van der Waals surface area contributed by atoms with Crippen molar-refractivity contribution in [2.75, 3.05) is 6.54 Å². The molecule has 0 spiro atoms. The summed E-state index contributed by atoms with van der Waals surface area (Å²) in [6.07, 6.45) is 1.89. The van der Waals surface area contributed by atoms with E-state index in [1.165, 1.54) is 0 Å². The molecule has 1 heterocycles. The summed E-state index contributed by atoms with van der Waals surface area (Å²) >= 11 is 0. The van der Waals surface area contributed by atoms with Gasteiger partial charge in [0.1, 0.15) is 0 Å². The van der Waals surface area contributed by atoms with Crippen LogP contribution in [0.5, 0.6) is 0 Å². The van der Waals surface area contributed by atoms with Gasteiger partial charge in [-0.15, -0.1) is 0 Å². The van der Waals surface area contributed by atoms with Crippen molar-refractivity contribution in [3.8, 4) is 5.69 Å². The summed E-state index contributed by atoms with van der Waals surface area (Å²) in [6, 6.07) is 11.7. The number of primary amides is 1. The molecule has 0 aliphatic rings. The van der Waals surface area contributed by atoms with E-state index >= 15 is 0 Å². The van der Waals surface area contributed by atoms with Crippen LogP contribution >= 0.6 is 0 Å². The van der Waals surface area contributed by atoms with Crippen molar-refractivity contribution in [3.63, 3.8) is 0 Å². The molecule has 0 fully saturated rings. The number of rotatable bonds is 5. The number of benzene rings is 1. The standard InChI is InChI=1S/C12H14N4O/c13-12(17)9-14-8-10-6-7-16(15-10)11-4-2-1-3-5-11/h1-7,14H,8-9H2,(H2,13,17). The number of para-hydroxylation sites is 1. The highest BCUT2D eigenvalue weighted by atomic mass is 16.1. The number of carbonyl (C=O) groups is 1. The average Bonchev–Trinajstić information content (AvgIpc) is 2.78.